The molecule has 6 heteroatoms. The van der Waals surface area contributed by atoms with Crippen LogP contribution in [-0.2, 0) is 4.79 Å². The molecule has 0 atom stereocenters. The van der Waals surface area contributed by atoms with E-state index < -0.39 is 5.91 Å². The van der Waals surface area contributed by atoms with Crippen molar-refractivity contribution in [3.63, 3.8) is 0 Å². The molecule has 0 aliphatic carbocycles. The fraction of sp³-hybridized carbons (Fsp3) is 0.0833. The summed E-state index contributed by atoms with van der Waals surface area (Å²) < 4.78 is 0. The number of benzene rings is 1. The number of aliphatic hydroxyl groups excluding tert-OH is 1. The molecular formula is C12H10N4O2. The third-order valence-electron chi connectivity index (χ3n) is 2.40. The third-order valence-corrected chi connectivity index (χ3v) is 2.40. The van der Waals surface area contributed by atoms with Crippen molar-refractivity contribution >= 4 is 22.5 Å². The van der Waals surface area contributed by atoms with Gasteiger partial charge in [0.1, 0.15) is 11.8 Å². The molecule has 0 aliphatic rings. The lowest BCUT2D eigenvalue weighted by atomic mass is 10.2. The Morgan fingerprint density at radius 2 is 2.33 bits per heavy atom. The molecule has 0 saturated heterocycles. The molecule has 90 valence electrons. The fourth-order valence-electron chi connectivity index (χ4n) is 1.51. The van der Waals surface area contributed by atoms with E-state index in [1.165, 1.54) is 6.92 Å². The SMILES string of the molecule is CC(O)=C(C#N)C(=O)Nc1ccc2[nH]ncc2c1. The molecule has 0 bridgehead atoms. The van der Waals surface area contributed by atoms with E-state index in [2.05, 4.69) is 15.5 Å². The molecular weight excluding hydrogens is 232 g/mol. The van der Waals surface area contributed by atoms with E-state index in [4.69, 9.17) is 5.26 Å². The van der Waals surface area contributed by atoms with E-state index in [-0.39, 0.29) is 11.3 Å². The van der Waals surface area contributed by atoms with Crippen molar-refractivity contribution in [3.8, 4) is 6.07 Å². The summed E-state index contributed by atoms with van der Waals surface area (Å²) in [5, 5.41) is 27.9. The van der Waals surface area contributed by atoms with Gasteiger partial charge in [0.15, 0.2) is 5.57 Å². The molecule has 0 radical (unpaired) electrons. The largest absolute Gasteiger partial charge is 0.511 e. The zero-order valence-electron chi connectivity index (χ0n) is 9.56. The van der Waals surface area contributed by atoms with Gasteiger partial charge < -0.3 is 10.4 Å². The highest BCUT2D eigenvalue weighted by atomic mass is 16.3. The molecule has 2 aromatic rings. The van der Waals surface area contributed by atoms with Gasteiger partial charge in [-0.1, -0.05) is 0 Å². The van der Waals surface area contributed by atoms with Crippen molar-refractivity contribution in [2.24, 2.45) is 0 Å². The number of carbonyl (C=O) groups excluding carboxylic acids is 1. The first-order valence-corrected chi connectivity index (χ1v) is 5.16. The zero-order valence-corrected chi connectivity index (χ0v) is 9.56. The summed E-state index contributed by atoms with van der Waals surface area (Å²) in [6.45, 7) is 1.29. The second-order valence-electron chi connectivity index (χ2n) is 3.70. The Kier molecular flexibility index (Phi) is 2.98. The molecule has 1 aromatic carbocycles. The molecule has 0 spiro atoms. The number of hydrogen-bond donors (Lipinski definition) is 3. The van der Waals surface area contributed by atoms with Gasteiger partial charge in [-0.25, -0.2) is 0 Å². The number of hydrogen-bond acceptors (Lipinski definition) is 4. The van der Waals surface area contributed by atoms with Crippen LogP contribution >= 0.6 is 0 Å². The summed E-state index contributed by atoms with van der Waals surface area (Å²) in [5.41, 5.74) is 1.08. The average Bonchev–Trinajstić information content (AvgIpc) is 2.76. The van der Waals surface area contributed by atoms with Gasteiger partial charge in [-0.3, -0.25) is 9.89 Å². The lowest BCUT2D eigenvalue weighted by molar-refractivity contribution is -0.112. The van der Waals surface area contributed by atoms with Crippen LogP contribution in [0.4, 0.5) is 5.69 Å². The highest BCUT2D eigenvalue weighted by molar-refractivity contribution is 6.07. The van der Waals surface area contributed by atoms with Crippen LogP contribution in [0.1, 0.15) is 6.92 Å². The molecule has 3 N–H and O–H groups in total. The number of rotatable bonds is 2. The smallest absolute Gasteiger partial charge is 0.269 e. The van der Waals surface area contributed by atoms with Gasteiger partial charge in [0, 0.05) is 11.1 Å². The van der Waals surface area contributed by atoms with Crippen LogP contribution in [0, 0.1) is 11.3 Å². The van der Waals surface area contributed by atoms with Crippen LogP contribution in [0.15, 0.2) is 35.7 Å². The number of aromatic amines is 1. The maximum absolute atomic E-state index is 11.7. The van der Waals surface area contributed by atoms with Crippen molar-refractivity contribution in [1.82, 2.24) is 10.2 Å². The Morgan fingerprint density at radius 1 is 1.56 bits per heavy atom. The van der Waals surface area contributed by atoms with E-state index in [1.54, 1.807) is 30.5 Å². The van der Waals surface area contributed by atoms with E-state index in [1.807, 2.05) is 0 Å². The van der Waals surface area contributed by atoms with Crippen LogP contribution in [0.25, 0.3) is 10.9 Å². The molecule has 1 amide bonds. The molecule has 0 aliphatic heterocycles. The summed E-state index contributed by atoms with van der Waals surface area (Å²) in [5.74, 6) is -0.945. The van der Waals surface area contributed by atoms with E-state index in [0.29, 0.717) is 5.69 Å². The van der Waals surface area contributed by atoms with Crippen molar-refractivity contribution in [3.05, 3.63) is 35.7 Å². The Hall–Kier alpha value is -2.81. The first kappa shape index (κ1) is 11.7. The summed E-state index contributed by atoms with van der Waals surface area (Å²) >= 11 is 0. The maximum atomic E-state index is 11.7. The molecule has 0 unspecified atom stereocenters. The number of aliphatic hydroxyl groups is 1. The Morgan fingerprint density at radius 3 is 3.00 bits per heavy atom. The van der Waals surface area contributed by atoms with Crippen LogP contribution < -0.4 is 5.32 Å². The maximum Gasteiger partial charge on any atom is 0.269 e. The number of fused-ring (bicyclic) bond motifs is 1. The number of carbonyl (C=O) groups is 1. The molecule has 18 heavy (non-hydrogen) atoms. The summed E-state index contributed by atoms with van der Waals surface area (Å²) in [7, 11) is 0. The highest BCUT2D eigenvalue weighted by Gasteiger charge is 2.12. The predicted molar refractivity (Wildman–Crippen MR) is 65.7 cm³/mol. The number of aromatic nitrogens is 2. The Labute approximate surface area is 103 Å². The monoisotopic (exact) mass is 242 g/mol. The van der Waals surface area contributed by atoms with Gasteiger partial charge in [-0.2, -0.15) is 10.4 Å². The number of anilines is 1. The van der Waals surface area contributed by atoms with E-state index in [0.717, 1.165) is 10.9 Å². The van der Waals surface area contributed by atoms with Gasteiger partial charge in [-0.15, -0.1) is 0 Å². The third kappa shape index (κ3) is 2.15. The van der Waals surface area contributed by atoms with Crippen molar-refractivity contribution in [2.45, 2.75) is 6.92 Å². The van der Waals surface area contributed by atoms with Crippen molar-refractivity contribution in [2.75, 3.05) is 5.32 Å². The fourth-order valence-corrected chi connectivity index (χ4v) is 1.51. The number of allylic oxidation sites excluding steroid dienone is 1. The molecule has 0 fully saturated rings. The molecule has 6 nitrogen and oxygen atoms in total. The summed E-state index contributed by atoms with van der Waals surface area (Å²) in [6.07, 6.45) is 1.63. The van der Waals surface area contributed by atoms with Gasteiger partial charge in [0.2, 0.25) is 0 Å². The number of nitrogens with zero attached hydrogens (tertiary/aromatic N) is 2. The quantitative estimate of drug-likeness (QED) is 0.425. The van der Waals surface area contributed by atoms with Gasteiger partial charge in [0.25, 0.3) is 5.91 Å². The Bertz CT molecular complexity index is 675. The molecule has 1 heterocycles. The van der Waals surface area contributed by atoms with Gasteiger partial charge in [-0.05, 0) is 25.1 Å². The van der Waals surface area contributed by atoms with E-state index in [9.17, 15) is 9.90 Å². The second kappa shape index (κ2) is 4.59. The van der Waals surface area contributed by atoms with E-state index >= 15 is 0 Å². The lowest BCUT2D eigenvalue weighted by Crippen LogP contribution is -2.14. The van der Waals surface area contributed by atoms with Crippen LogP contribution in [0.3, 0.4) is 0 Å². The summed E-state index contributed by atoms with van der Waals surface area (Å²) in [4.78, 5) is 11.7. The van der Waals surface area contributed by atoms with Crippen LogP contribution in [0.2, 0.25) is 0 Å². The predicted octanol–water partition coefficient (Wildman–Crippen LogP) is 1.86. The van der Waals surface area contributed by atoms with Gasteiger partial charge in [0.05, 0.1) is 11.7 Å². The highest BCUT2D eigenvalue weighted by Crippen LogP contribution is 2.17. The van der Waals surface area contributed by atoms with Crippen molar-refractivity contribution < 1.29 is 9.90 Å². The molecule has 0 saturated carbocycles. The first-order chi connectivity index (χ1) is 8.61. The normalized spacial score (nSPS) is 11.8. The number of nitriles is 1. The number of amides is 1. The molecule has 2 rings (SSSR count). The number of nitrogens with one attached hydrogen (secondary N) is 2. The lowest BCUT2D eigenvalue weighted by Gasteiger charge is -2.04. The van der Waals surface area contributed by atoms with Gasteiger partial charge >= 0.3 is 0 Å². The first-order valence-electron chi connectivity index (χ1n) is 5.16. The summed E-state index contributed by atoms with van der Waals surface area (Å²) in [6, 6.07) is 6.82. The van der Waals surface area contributed by atoms with Crippen molar-refractivity contribution in [1.29, 1.82) is 5.26 Å². The topological polar surface area (TPSA) is 102 Å². The minimum Gasteiger partial charge on any atom is -0.511 e. The standard InChI is InChI=1S/C12H10N4O2/c1-7(17)10(5-13)12(18)15-9-2-3-11-8(4-9)6-14-16-11/h2-4,6,17H,1H3,(H,14,16)(H,15,18). The Balaban J connectivity index is 2.26. The second-order valence-corrected chi connectivity index (χ2v) is 3.70. The van der Waals surface area contributed by atoms with Crippen LogP contribution in [0.5, 0.6) is 0 Å². The van der Waals surface area contributed by atoms with Crippen LogP contribution in [-0.4, -0.2) is 21.2 Å². The average molecular weight is 242 g/mol. The number of H-pyrrole nitrogens is 1. The zero-order chi connectivity index (χ0) is 13.1. The molecule has 1 aromatic heterocycles. The minimum absolute atomic E-state index is 0.303. The minimum atomic E-state index is -0.639.